The Kier molecular flexibility index (Phi) is 2.52. The van der Waals surface area contributed by atoms with Crippen LogP contribution in [0, 0.1) is 0 Å². The van der Waals surface area contributed by atoms with Gasteiger partial charge in [0.25, 0.3) is 0 Å². The first-order valence-electron chi connectivity index (χ1n) is 5.06. The molecule has 1 unspecified atom stereocenters. The average Bonchev–Trinajstić information content (AvgIpc) is 2.24. The lowest BCUT2D eigenvalue weighted by Gasteiger charge is -2.35. The van der Waals surface area contributed by atoms with Gasteiger partial charge in [0.1, 0.15) is 6.04 Å². The van der Waals surface area contributed by atoms with Gasteiger partial charge in [-0.1, -0.05) is 6.07 Å². The van der Waals surface area contributed by atoms with Crippen molar-refractivity contribution in [2.24, 2.45) is 0 Å². The van der Waals surface area contributed by atoms with E-state index in [1.54, 1.807) is 6.92 Å². The van der Waals surface area contributed by atoms with Crippen molar-refractivity contribution >= 4 is 17.3 Å². The SMILES string of the molecule is CC1C(=O)Nc2cccc(C(F)(F)F)c2N1C. The van der Waals surface area contributed by atoms with Gasteiger partial charge >= 0.3 is 6.18 Å². The Morgan fingerprint density at radius 2 is 2.00 bits per heavy atom. The Hall–Kier alpha value is -1.72. The Morgan fingerprint density at radius 1 is 1.35 bits per heavy atom. The molecule has 1 aromatic rings. The van der Waals surface area contributed by atoms with Crippen molar-refractivity contribution < 1.29 is 18.0 Å². The van der Waals surface area contributed by atoms with Crippen molar-refractivity contribution in [3.05, 3.63) is 23.8 Å². The van der Waals surface area contributed by atoms with Crippen molar-refractivity contribution in [3.63, 3.8) is 0 Å². The molecule has 1 aromatic carbocycles. The summed E-state index contributed by atoms with van der Waals surface area (Å²) in [4.78, 5) is 12.8. The Labute approximate surface area is 96.2 Å². The lowest BCUT2D eigenvalue weighted by atomic mass is 10.0. The van der Waals surface area contributed by atoms with Gasteiger partial charge in [0.05, 0.1) is 16.9 Å². The van der Waals surface area contributed by atoms with Crippen molar-refractivity contribution in [2.75, 3.05) is 17.3 Å². The van der Waals surface area contributed by atoms with Crippen LogP contribution >= 0.6 is 0 Å². The van der Waals surface area contributed by atoms with Gasteiger partial charge in [0, 0.05) is 7.05 Å². The summed E-state index contributed by atoms with van der Waals surface area (Å²) >= 11 is 0. The summed E-state index contributed by atoms with van der Waals surface area (Å²) in [6, 6.07) is 3.14. The van der Waals surface area contributed by atoms with E-state index in [2.05, 4.69) is 5.32 Å². The molecule has 0 saturated heterocycles. The first-order valence-corrected chi connectivity index (χ1v) is 5.06. The van der Waals surface area contributed by atoms with Gasteiger partial charge in [-0.05, 0) is 19.1 Å². The second-order valence-electron chi connectivity index (χ2n) is 3.98. The van der Waals surface area contributed by atoms with Crippen LogP contribution in [-0.2, 0) is 11.0 Å². The van der Waals surface area contributed by atoms with Gasteiger partial charge in [-0.15, -0.1) is 0 Å². The zero-order chi connectivity index (χ0) is 12.8. The molecule has 1 aliphatic rings. The Morgan fingerprint density at radius 3 is 2.59 bits per heavy atom. The number of para-hydroxylation sites is 1. The molecule has 2 rings (SSSR count). The van der Waals surface area contributed by atoms with Crippen LogP contribution in [-0.4, -0.2) is 19.0 Å². The fraction of sp³-hybridized carbons (Fsp3) is 0.364. The monoisotopic (exact) mass is 244 g/mol. The number of benzene rings is 1. The summed E-state index contributed by atoms with van der Waals surface area (Å²) in [6.07, 6.45) is -4.43. The van der Waals surface area contributed by atoms with E-state index in [4.69, 9.17) is 0 Å². The predicted octanol–water partition coefficient (Wildman–Crippen LogP) is 2.48. The van der Waals surface area contributed by atoms with Crippen LogP contribution in [0.3, 0.4) is 0 Å². The minimum atomic E-state index is -4.43. The van der Waals surface area contributed by atoms with E-state index in [1.165, 1.54) is 24.1 Å². The average molecular weight is 244 g/mol. The van der Waals surface area contributed by atoms with E-state index in [0.717, 1.165) is 6.07 Å². The fourth-order valence-electron chi connectivity index (χ4n) is 1.86. The molecular weight excluding hydrogens is 233 g/mol. The highest BCUT2D eigenvalue weighted by Crippen LogP contribution is 2.42. The maximum Gasteiger partial charge on any atom is 0.418 e. The molecule has 0 aromatic heterocycles. The molecule has 3 nitrogen and oxygen atoms in total. The van der Waals surface area contributed by atoms with Crippen LogP contribution in [0.2, 0.25) is 0 Å². The third kappa shape index (κ3) is 1.83. The van der Waals surface area contributed by atoms with Crippen LogP contribution in [0.25, 0.3) is 0 Å². The van der Waals surface area contributed by atoms with E-state index in [9.17, 15) is 18.0 Å². The topological polar surface area (TPSA) is 32.3 Å². The van der Waals surface area contributed by atoms with Crippen molar-refractivity contribution in [2.45, 2.75) is 19.1 Å². The van der Waals surface area contributed by atoms with Crippen LogP contribution in [0.4, 0.5) is 24.5 Å². The number of anilines is 2. The number of carbonyl (C=O) groups excluding carboxylic acids is 1. The van der Waals surface area contributed by atoms with Crippen LogP contribution in [0.15, 0.2) is 18.2 Å². The molecule has 1 atom stereocenters. The third-order valence-electron chi connectivity index (χ3n) is 2.91. The Balaban J connectivity index is 2.62. The summed E-state index contributed by atoms with van der Waals surface area (Å²) in [5, 5.41) is 2.47. The van der Waals surface area contributed by atoms with Gasteiger partial charge in [-0.2, -0.15) is 13.2 Å². The molecule has 6 heteroatoms. The molecule has 0 bridgehead atoms. The second-order valence-corrected chi connectivity index (χ2v) is 3.98. The van der Waals surface area contributed by atoms with E-state index < -0.39 is 17.8 Å². The molecular formula is C11H11F3N2O. The standard InChI is InChI=1S/C11H11F3N2O/c1-6-10(17)15-8-5-3-4-7(11(12,13)14)9(8)16(6)2/h3-6H,1-2H3,(H,15,17). The Bertz CT molecular complexity index is 470. The summed E-state index contributed by atoms with van der Waals surface area (Å²) < 4.78 is 38.5. The molecule has 1 N–H and O–H groups in total. The normalized spacial score (nSPS) is 19.9. The molecule has 0 fully saturated rings. The number of alkyl halides is 3. The van der Waals surface area contributed by atoms with Crippen molar-refractivity contribution in [3.8, 4) is 0 Å². The number of rotatable bonds is 0. The van der Waals surface area contributed by atoms with E-state index in [0.29, 0.717) is 0 Å². The van der Waals surface area contributed by atoms with Gasteiger partial charge in [0.15, 0.2) is 0 Å². The smallest absolute Gasteiger partial charge is 0.361 e. The maximum absolute atomic E-state index is 12.8. The number of likely N-dealkylation sites (N-methyl/N-ethyl adjacent to an activating group) is 1. The number of halogens is 3. The number of fused-ring (bicyclic) bond motifs is 1. The van der Waals surface area contributed by atoms with Gasteiger partial charge in [-0.3, -0.25) is 4.79 Å². The van der Waals surface area contributed by atoms with E-state index in [-0.39, 0.29) is 17.3 Å². The van der Waals surface area contributed by atoms with Crippen LogP contribution in [0.5, 0.6) is 0 Å². The first kappa shape index (κ1) is 11.8. The minimum absolute atomic E-state index is 0.0205. The minimum Gasteiger partial charge on any atom is -0.361 e. The summed E-state index contributed by atoms with van der Waals surface area (Å²) in [5.74, 6) is -0.306. The number of amides is 1. The number of carbonyl (C=O) groups is 1. The third-order valence-corrected chi connectivity index (χ3v) is 2.91. The number of hydrogen-bond acceptors (Lipinski definition) is 2. The summed E-state index contributed by atoms with van der Waals surface area (Å²) in [7, 11) is 1.48. The highest BCUT2D eigenvalue weighted by Gasteiger charge is 2.39. The van der Waals surface area contributed by atoms with E-state index in [1.807, 2.05) is 0 Å². The van der Waals surface area contributed by atoms with Crippen LogP contribution in [0.1, 0.15) is 12.5 Å². The second kappa shape index (κ2) is 3.65. The van der Waals surface area contributed by atoms with Gasteiger partial charge in [-0.25, -0.2) is 0 Å². The molecule has 17 heavy (non-hydrogen) atoms. The lowest BCUT2D eigenvalue weighted by molar-refractivity contribution is -0.137. The molecule has 1 heterocycles. The molecule has 1 aliphatic heterocycles. The maximum atomic E-state index is 12.8. The number of nitrogens with zero attached hydrogens (tertiary/aromatic N) is 1. The molecule has 0 aliphatic carbocycles. The zero-order valence-electron chi connectivity index (χ0n) is 9.30. The highest BCUT2D eigenvalue weighted by atomic mass is 19.4. The summed E-state index contributed by atoms with van der Waals surface area (Å²) in [6.45, 7) is 1.56. The molecule has 1 amide bonds. The molecule has 92 valence electrons. The molecule has 0 radical (unpaired) electrons. The zero-order valence-corrected chi connectivity index (χ0v) is 9.30. The number of hydrogen-bond donors (Lipinski definition) is 1. The molecule has 0 saturated carbocycles. The number of nitrogens with one attached hydrogen (secondary N) is 1. The van der Waals surface area contributed by atoms with Gasteiger partial charge < -0.3 is 10.2 Å². The van der Waals surface area contributed by atoms with Crippen molar-refractivity contribution in [1.82, 2.24) is 0 Å². The lowest BCUT2D eigenvalue weighted by Crippen LogP contribution is -2.44. The first-order chi connectivity index (χ1) is 7.82. The summed E-state index contributed by atoms with van der Waals surface area (Å²) in [5.41, 5.74) is -0.512. The highest BCUT2D eigenvalue weighted by molar-refractivity contribution is 6.03. The van der Waals surface area contributed by atoms with E-state index >= 15 is 0 Å². The van der Waals surface area contributed by atoms with Gasteiger partial charge in [0.2, 0.25) is 5.91 Å². The molecule has 0 spiro atoms. The van der Waals surface area contributed by atoms with Crippen molar-refractivity contribution in [1.29, 1.82) is 0 Å². The largest absolute Gasteiger partial charge is 0.418 e. The predicted molar refractivity (Wildman–Crippen MR) is 57.9 cm³/mol. The quantitative estimate of drug-likeness (QED) is 0.760. The fourth-order valence-corrected chi connectivity index (χ4v) is 1.86. The van der Waals surface area contributed by atoms with Crippen LogP contribution < -0.4 is 10.2 Å².